The van der Waals surface area contributed by atoms with Gasteiger partial charge in [0.15, 0.2) is 5.96 Å². The van der Waals surface area contributed by atoms with E-state index < -0.39 is 0 Å². The first kappa shape index (κ1) is 22.8. The summed E-state index contributed by atoms with van der Waals surface area (Å²) >= 11 is 0. The van der Waals surface area contributed by atoms with Crippen LogP contribution >= 0.6 is 24.0 Å². The summed E-state index contributed by atoms with van der Waals surface area (Å²) in [5.41, 5.74) is 3.98. The van der Waals surface area contributed by atoms with Crippen LogP contribution in [0.2, 0.25) is 0 Å². The molecular formula is C20H34IN5. The quantitative estimate of drug-likeness (QED) is 0.216. The minimum absolute atomic E-state index is 0. The van der Waals surface area contributed by atoms with Crippen LogP contribution < -0.4 is 16.0 Å². The van der Waals surface area contributed by atoms with E-state index in [2.05, 4.69) is 84.8 Å². The first-order valence-corrected chi connectivity index (χ1v) is 9.24. The van der Waals surface area contributed by atoms with Crippen LogP contribution in [-0.4, -0.2) is 42.7 Å². The summed E-state index contributed by atoms with van der Waals surface area (Å²) in [7, 11) is 0. The van der Waals surface area contributed by atoms with Gasteiger partial charge in [0.25, 0.3) is 0 Å². The van der Waals surface area contributed by atoms with Crippen LogP contribution in [0.25, 0.3) is 10.9 Å². The number of nitrogens with zero attached hydrogens (tertiary/aromatic N) is 1. The lowest BCUT2D eigenvalue weighted by Crippen LogP contribution is -2.40. The van der Waals surface area contributed by atoms with Crippen molar-refractivity contribution in [2.75, 3.05) is 26.2 Å². The number of aliphatic imine (C=N–C) groups is 1. The summed E-state index contributed by atoms with van der Waals surface area (Å²) < 4.78 is 0. The van der Waals surface area contributed by atoms with Crippen molar-refractivity contribution in [3.05, 3.63) is 35.5 Å². The van der Waals surface area contributed by atoms with Gasteiger partial charge in [-0.3, -0.25) is 4.99 Å². The van der Waals surface area contributed by atoms with E-state index in [4.69, 9.17) is 0 Å². The zero-order valence-electron chi connectivity index (χ0n) is 16.7. The molecular weight excluding hydrogens is 437 g/mol. The van der Waals surface area contributed by atoms with Crippen molar-refractivity contribution >= 4 is 40.8 Å². The molecule has 0 saturated carbocycles. The number of H-pyrrole nitrogens is 1. The molecule has 0 aliphatic carbocycles. The normalized spacial score (nSPS) is 12.1. The minimum atomic E-state index is 0. The molecule has 0 bridgehead atoms. The number of benzene rings is 1. The highest BCUT2D eigenvalue weighted by atomic mass is 127. The van der Waals surface area contributed by atoms with E-state index in [1.165, 1.54) is 22.2 Å². The second kappa shape index (κ2) is 10.8. The van der Waals surface area contributed by atoms with Crippen molar-refractivity contribution in [1.29, 1.82) is 0 Å². The number of fused-ring (bicyclic) bond motifs is 1. The summed E-state index contributed by atoms with van der Waals surface area (Å²) in [5.74, 6) is 0.885. The number of aromatic amines is 1. The van der Waals surface area contributed by atoms with E-state index in [1.807, 2.05) is 0 Å². The maximum atomic E-state index is 4.64. The second-order valence-electron chi connectivity index (χ2n) is 7.39. The van der Waals surface area contributed by atoms with Gasteiger partial charge in [-0.2, -0.15) is 0 Å². The van der Waals surface area contributed by atoms with Crippen molar-refractivity contribution < 1.29 is 0 Å². The van der Waals surface area contributed by atoms with Crippen molar-refractivity contribution in [1.82, 2.24) is 20.9 Å². The van der Waals surface area contributed by atoms with Gasteiger partial charge in [0.1, 0.15) is 0 Å². The molecule has 1 heterocycles. The number of rotatable bonds is 7. The summed E-state index contributed by atoms with van der Waals surface area (Å²) in [6.45, 7) is 14.1. The number of aromatic nitrogens is 1. The average Bonchev–Trinajstić information content (AvgIpc) is 2.86. The van der Waals surface area contributed by atoms with Gasteiger partial charge in [0.2, 0.25) is 0 Å². The Hall–Kier alpha value is -1.28. The molecule has 0 atom stereocenters. The Morgan fingerprint density at radius 2 is 1.85 bits per heavy atom. The zero-order chi connectivity index (χ0) is 18.3. The van der Waals surface area contributed by atoms with Crippen LogP contribution in [0.4, 0.5) is 0 Å². The minimum Gasteiger partial charge on any atom is -0.358 e. The van der Waals surface area contributed by atoms with Crippen LogP contribution in [0.15, 0.2) is 29.3 Å². The molecule has 0 aliphatic heterocycles. The number of nitrogens with one attached hydrogen (secondary N) is 4. The van der Waals surface area contributed by atoms with Gasteiger partial charge in [0, 0.05) is 41.8 Å². The monoisotopic (exact) mass is 471 g/mol. The smallest absolute Gasteiger partial charge is 0.191 e. The molecule has 0 unspecified atom stereocenters. The second-order valence-corrected chi connectivity index (χ2v) is 7.39. The highest BCUT2D eigenvalue weighted by Gasteiger charge is 2.09. The molecule has 2 rings (SSSR count). The van der Waals surface area contributed by atoms with E-state index in [-0.39, 0.29) is 29.5 Å². The molecule has 1 aromatic carbocycles. The van der Waals surface area contributed by atoms with Crippen molar-refractivity contribution in [3.63, 3.8) is 0 Å². The third kappa shape index (κ3) is 7.15. The molecule has 2 aromatic rings. The fourth-order valence-electron chi connectivity index (χ4n) is 2.90. The highest BCUT2D eigenvalue weighted by molar-refractivity contribution is 14.0. The largest absolute Gasteiger partial charge is 0.358 e. The first-order valence-electron chi connectivity index (χ1n) is 9.24. The maximum absolute atomic E-state index is 4.64. The lowest BCUT2D eigenvalue weighted by molar-refractivity contribution is 0.432. The molecule has 0 saturated heterocycles. The number of para-hydroxylation sites is 1. The standard InChI is InChI=1S/C20H33N5.HI/c1-6-21-19(23-13-14-24-20(3,4)5)22-12-11-16-15(2)25-18-10-8-7-9-17(16)18;/h7-10,24-25H,6,11-14H2,1-5H3,(H2,21,22,23);1H. The SMILES string of the molecule is CCNC(=NCCNC(C)(C)C)NCCc1c(C)[nH]c2ccccc12.I. The summed E-state index contributed by atoms with van der Waals surface area (Å²) in [4.78, 5) is 8.11. The average molecular weight is 471 g/mol. The fraction of sp³-hybridized carbons (Fsp3) is 0.550. The summed E-state index contributed by atoms with van der Waals surface area (Å²) in [6.07, 6.45) is 0.973. The van der Waals surface area contributed by atoms with Crippen molar-refractivity contribution in [3.8, 4) is 0 Å². The van der Waals surface area contributed by atoms with Gasteiger partial charge in [-0.05, 0) is 52.7 Å². The molecule has 6 heteroatoms. The molecule has 0 radical (unpaired) electrons. The number of guanidine groups is 1. The number of hydrogen-bond acceptors (Lipinski definition) is 2. The molecule has 0 fully saturated rings. The third-order valence-corrected chi connectivity index (χ3v) is 4.08. The van der Waals surface area contributed by atoms with Crippen LogP contribution in [0, 0.1) is 6.92 Å². The fourth-order valence-corrected chi connectivity index (χ4v) is 2.90. The Morgan fingerprint density at radius 1 is 1.12 bits per heavy atom. The Kier molecular flexibility index (Phi) is 9.43. The van der Waals surface area contributed by atoms with Crippen LogP contribution in [0.3, 0.4) is 0 Å². The number of halogens is 1. The van der Waals surface area contributed by atoms with E-state index >= 15 is 0 Å². The summed E-state index contributed by atoms with van der Waals surface area (Å²) in [6, 6.07) is 8.49. The lowest BCUT2D eigenvalue weighted by atomic mass is 10.1. The van der Waals surface area contributed by atoms with E-state index in [0.717, 1.165) is 38.6 Å². The topological polar surface area (TPSA) is 64.2 Å². The van der Waals surface area contributed by atoms with E-state index in [9.17, 15) is 0 Å². The molecule has 5 nitrogen and oxygen atoms in total. The van der Waals surface area contributed by atoms with E-state index in [0.29, 0.717) is 0 Å². The highest BCUT2D eigenvalue weighted by Crippen LogP contribution is 2.21. The van der Waals surface area contributed by atoms with Gasteiger partial charge in [-0.25, -0.2) is 0 Å². The third-order valence-electron chi connectivity index (χ3n) is 4.08. The Morgan fingerprint density at radius 3 is 2.54 bits per heavy atom. The predicted molar refractivity (Wildman–Crippen MR) is 124 cm³/mol. The number of aryl methyl sites for hydroxylation is 1. The van der Waals surface area contributed by atoms with Crippen LogP contribution in [-0.2, 0) is 6.42 Å². The van der Waals surface area contributed by atoms with E-state index in [1.54, 1.807) is 0 Å². The Balaban J connectivity index is 0.00000338. The van der Waals surface area contributed by atoms with Gasteiger partial charge < -0.3 is 20.9 Å². The molecule has 146 valence electrons. The Bertz CT molecular complexity index is 700. The lowest BCUT2D eigenvalue weighted by Gasteiger charge is -2.20. The molecule has 0 spiro atoms. The number of hydrogen-bond donors (Lipinski definition) is 4. The molecule has 0 amide bonds. The predicted octanol–water partition coefficient (Wildman–Crippen LogP) is 3.58. The van der Waals surface area contributed by atoms with Gasteiger partial charge >= 0.3 is 0 Å². The summed E-state index contributed by atoms with van der Waals surface area (Å²) in [5, 5.41) is 11.5. The molecule has 0 aliphatic rings. The van der Waals surface area contributed by atoms with Crippen LogP contribution in [0.1, 0.15) is 39.0 Å². The Labute approximate surface area is 174 Å². The van der Waals surface area contributed by atoms with Crippen molar-refractivity contribution in [2.45, 2.75) is 46.6 Å². The molecule has 26 heavy (non-hydrogen) atoms. The molecule has 1 aromatic heterocycles. The van der Waals surface area contributed by atoms with Crippen molar-refractivity contribution in [2.24, 2.45) is 4.99 Å². The van der Waals surface area contributed by atoms with Gasteiger partial charge in [-0.15, -0.1) is 24.0 Å². The first-order chi connectivity index (χ1) is 11.9. The molecule has 4 N–H and O–H groups in total. The van der Waals surface area contributed by atoms with Crippen LogP contribution in [0.5, 0.6) is 0 Å². The van der Waals surface area contributed by atoms with Gasteiger partial charge in [0.05, 0.1) is 6.54 Å². The maximum Gasteiger partial charge on any atom is 0.191 e. The zero-order valence-corrected chi connectivity index (χ0v) is 19.0. The van der Waals surface area contributed by atoms with Gasteiger partial charge in [-0.1, -0.05) is 18.2 Å².